The molecule has 0 unspecified atom stereocenters. The van der Waals surface area contributed by atoms with Crippen molar-refractivity contribution in [2.24, 2.45) is 0 Å². The first-order valence-corrected chi connectivity index (χ1v) is 6.65. The molecule has 0 spiro atoms. The minimum atomic E-state index is -0.339. The van der Waals surface area contributed by atoms with Gasteiger partial charge in [0.2, 0.25) is 0 Å². The molecule has 0 radical (unpaired) electrons. The molecule has 2 N–H and O–H groups in total. The van der Waals surface area contributed by atoms with E-state index in [1.54, 1.807) is 12.1 Å². The van der Waals surface area contributed by atoms with Crippen LogP contribution in [0.3, 0.4) is 0 Å². The molecule has 0 atom stereocenters. The summed E-state index contributed by atoms with van der Waals surface area (Å²) in [5.41, 5.74) is 6.53. The van der Waals surface area contributed by atoms with Gasteiger partial charge in [0.05, 0.1) is 26.3 Å². The van der Waals surface area contributed by atoms with Gasteiger partial charge in [-0.25, -0.2) is 0 Å². The number of carbonyl (C=O) groups is 1. The van der Waals surface area contributed by atoms with Crippen LogP contribution in [0.2, 0.25) is 20.1 Å². The molecule has 0 aromatic heterocycles. The molecular formula is C13H7Cl4NO. The van der Waals surface area contributed by atoms with Crippen LogP contribution in [0.5, 0.6) is 0 Å². The van der Waals surface area contributed by atoms with Crippen LogP contribution < -0.4 is 5.73 Å². The van der Waals surface area contributed by atoms with E-state index in [0.29, 0.717) is 21.3 Å². The van der Waals surface area contributed by atoms with Crippen LogP contribution in [0, 0.1) is 0 Å². The number of nitrogen functional groups attached to an aromatic ring is 1. The summed E-state index contributed by atoms with van der Waals surface area (Å²) in [5, 5.41) is 1.04. The molecule has 0 aliphatic rings. The van der Waals surface area contributed by atoms with E-state index in [0.717, 1.165) is 0 Å². The Labute approximate surface area is 130 Å². The van der Waals surface area contributed by atoms with Gasteiger partial charge in [-0.2, -0.15) is 0 Å². The molecule has 2 aromatic carbocycles. The molecular weight excluding hydrogens is 328 g/mol. The fraction of sp³-hybridized carbons (Fsp3) is 0. The van der Waals surface area contributed by atoms with Gasteiger partial charge in [0, 0.05) is 10.6 Å². The van der Waals surface area contributed by atoms with Crippen molar-refractivity contribution in [2.45, 2.75) is 0 Å². The number of hydrogen-bond donors (Lipinski definition) is 1. The number of hydrogen-bond acceptors (Lipinski definition) is 2. The van der Waals surface area contributed by atoms with E-state index in [2.05, 4.69) is 0 Å². The van der Waals surface area contributed by atoms with Crippen LogP contribution in [0.25, 0.3) is 0 Å². The first kappa shape index (κ1) is 14.5. The molecule has 98 valence electrons. The van der Waals surface area contributed by atoms with Crippen molar-refractivity contribution in [2.75, 3.05) is 5.73 Å². The fourth-order valence-electron chi connectivity index (χ4n) is 1.57. The van der Waals surface area contributed by atoms with Gasteiger partial charge < -0.3 is 5.73 Å². The summed E-state index contributed by atoms with van der Waals surface area (Å²) < 4.78 is 0. The minimum absolute atomic E-state index is 0.188. The monoisotopic (exact) mass is 333 g/mol. The van der Waals surface area contributed by atoms with Gasteiger partial charge in [-0.05, 0) is 30.3 Å². The van der Waals surface area contributed by atoms with Crippen LogP contribution in [0.15, 0.2) is 30.3 Å². The van der Waals surface area contributed by atoms with Gasteiger partial charge in [-0.15, -0.1) is 0 Å². The SMILES string of the molecule is Nc1ccc(C(=O)c2c(Cl)cc(Cl)cc2Cl)cc1Cl. The largest absolute Gasteiger partial charge is 0.398 e. The van der Waals surface area contributed by atoms with E-state index < -0.39 is 0 Å². The van der Waals surface area contributed by atoms with Crippen LogP contribution in [-0.4, -0.2) is 5.78 Å². The normalized spacial score (nSPS) is 10.5. The highest BCUT2D eigenvalue weighted by Gasteiger charge is 2.18. The summed E-state index contributed by atoms with van der Waals surface area (Å²) in [6.07, 6.45) is 0. The molecule has 6 heteroatoms. The van der Waals surface area contributed by atoms with Crippen molar-refractivity contribution in [3.8, 4) is 0 Å². The Bertz CT molecular complexity index is 647. The second-order valence-corrected chi connectivity index (χ2v) is 5.47. The smallest absolute Gasteiger partial charge is 0.196 e. The van der Waals surface area contributed by atoms with E-state index in [-0.39, 0.29) is 21.4 Å². The maximum Gasteiger partial charge on any atom is 0.196 e. The Morgan fingerprint density at radius 3 is 2.00 bits per heavy atom. The maximum absolute atomic E-state index is 12.4. The third-order valence-corrected chi connectivity index (χ3v) is 3.64. The van der Waals surface area contributed by atoms with E-state index >= 15 is 0 Å². The molecule has 0 heterocycles. The first-order chi connectivity index (χ1) is 8.90. The van der Waals surface area contributed by atoms with Gasteiger partial charge in [-0.3, -0.25) is 4.79 Å². The molecule has 2 rings (SSSR count). The standard InChI is InChI=1S/C13H7Cl4NO/c14-7-4-9(16)12(10(17)5-7)13(19)6-1-2-11(18)8(15)3-6/h1-5H,18H2. The van der Waals surface area contributed by atoms with Crippen molar-refractivity contribution in [1.29, 1.82) is 0 Å². The highest BCUT2D eigenvalue weighted by molar-refractivity contribution is 6.43. The lowest BCUT2D eigenvalue weighted by Gasteiger charge is -2.08. The quantitative estimate of drug-likeness (QED) is 0.612. The third-order valence-electron chi connectivity index (χ3n) is 2.50. The number of ketones is 1. The average Bonchev–Trinajstić information content (AvgIpc) is 2.31. The highest BCUT2D eigenvalue weighted by Crippen LogP contribution is 2.31. The zero-order valence-corrected chi connectivity index (χ0v) is 12.4. The number of benzene rings is 2. The van der Waals surface area contributed by atoms with Gasteiger partial charge in [-0.1, -0.05) is 46.4 Å². The van der Waals surface area contributed by atoms with Gasteiger partial charge in [0.25, 0.3) is 0 Å². The summed E-state index contributed by atoms with van der Waals surface area (Å²) >= 11 is 23.7. The van der Waals surface area contributed by atoms with Crippen LogP contribution in [0.4, 0.5) is 5.69 Å². The molecule has 0 bridgehead atoms. The van der Waals surface area contributed by atoms with Gasteiger partial charge in [0.1, 0.15) is 0 Å². The second-order valence-electron chi connectivity index (χ2n) is 3.81. The third kappa shape index (κ3) is 2.98. The maximum atomic E-state index is 12.4. The number of anilines is 1. The topological polar surface area (TPSA) is 43.1 Å². The van der Waals surface area contributed by atoms with Crippen LogP contribution >= 0.6 is 46.4 Å². The summed E-state index contributed by atoms with van der Waals surface area (Å²) in [7, 11) is 0. The lowest BCUT2D eigenvalue weighted by atomic mass is 10.0. The molecule has 0 fully saturated rings. The zero-order chi connectivity index (χ0) is 14.2. The Hall–Kier alpha value is -0.930. The molecule has 0 saturated heterocycles. The number of nitrogens with two attached hydrogens (primary N) is 1. The van der Waals surface area contributed by atoms with E-state index in [1.807, 2.05) is 0 Å². The van der Waals surface area contributed by atoms with Crippen LogP contribution in [-0.2, 0) is 0 Å². The molecule has 0 saturated carbocycles. The number of rotatable bonds is 2. The van der Waals surface area contributed by atoms with Crippen LogP contribution in [0.1, 0.15) is 15.9 Å². The predicted octanol–water partition coefficient (Wildman–Crippen LogP) is 5.11. The second kappa shape index (κ2) is 5.59. The molecule has 0 amide bonds. The molecule has 2 aromatic rings. The molecule has 0 aliphatic heterocycles. The van der Waals surface area contributed by atoms with Crippen molar-refractivity contribution >= 4 is 57.9 Å². The van der Waals surface area contributed by atoms with E-state index in [4.69, 9.17) is 52.1 Å². The highest BCUT2D eigenvalue weighted by atomic mass is 35.5. The van der Waals surface area contributed by atoms with Crippen molar-refractivity contribution < 1.29 is 4.79 Å². The summed E-state index contributed by atoms with van der Waals surface area (Å²) in [6.45, 7) is 0. The Balaban J connectivity index is 2.53. The van der Waals surface area contributed by atoms with E-state index in [9.17, 15) is 4.79 Å². The Morgan fingerprint density at radius 1 is 0.895 bits per heavy atom. The van der Waals surface area contributed by atoms with Crippen molar-refractivity contribution in [1.82, 2.24) is 0 Å². The van der Waals surface area contributed by atoms with Gasteiger partial charge in [0.15, 0.2) is 5.78 Å². The average molecular weight is 335 g/mol. The lowest BCUT2D eigenvalue weighted by Crippen LogP contribution is -2.04. The van der Waals surface area contributed by atoms with Gasteiger partial charge >= 0.3 is 0 Å². The lowest BCUT2D eigenvalue weighted by molar-refractivity contribution is 0.103. The van der Waals surface area contributed by atoms with Crippen molar-refractivity contribution in [3.63, 3.8) is 0 Å². The molecule has 2 nitrogen and oxygen atoms in total. The van der Waals surface area contributed by atoms with E-state index in [1.165, 1.54) is 18.2 Å². The molecule has 19 heavy (non-hydrogen) atoms. The number of carbonyl (C=O) groups excluding carboxylic acids is 1. The first-order valence-electron chi connectivity index (χ1n) is 5.14. The Kier molecular flexibility index (Phi) is 4.26. The Morgan fingerprint density at radius 2 is 1.47 bits per heavy atom. The predicted molar refractivity (Wildman–Crippen MR) is 80.8 cm³/mol. The summed E-state index contributed by atoms with van der Waals surface area (Å²) in [5.74, 6) is -0.339. The number of halogens is 4. The summed E-state index contributed by atoms with van der Waals surface area (Å²) in [6, 6.07) is 7.50. The summed E-state index contributed by atoms with van der Waals surface area (Å²) in [4.78, 5) is 12.4. The fourth-order valence-corrected chi connectivity index (χ4v) is 2.74. The minimum Gasteiger partial charge on any atom is -0.398 e. The zero-order valence-electron chi connectivity index (χ0n) is 9.38. The van der Waals surface area contributed by atoms with Crippen molar-refractivity contribution in [3.05, 3.63) is 61.5 Å². The molecule has 0 aliphatic carbocycles.